The minimum Gasteiger partial charge on any atom is -0.506 e. The van der Waals surface area contributed by atoms with Gasteiger partial charge in [-0.3, -0.25) is 4.68 Å². The number of nitriles is 1. The topological polar surface area (TPSA) is 109 Å². The third kappa shape index (κ3) is 4.61. The highest BCUT2D eigenvalue weighted by Gasteiger charge is 2.32. The number of anilines is 1. The van der Waals surface area contributed by atoms with E-state index in [2.05, 4.69) is 21.7 Å². The molecule has 218 valence electrons. The summed E-state index contributed by atoms with van der Waals surface area (Å²) < 4.78 is 33.1. The van der Waals surface area contributed by atoms with Crippen LogP contribution in [-0.2, 0) is 13.5 Å². The van der Waals surface area contributed by atoms with Crippen molar-refractivity contribution in [2.75, 3.05) is 18.0 Å². The smallest absolute Gasteiger partial charge is 0.143 e. The molecule has 1 aliphatic carbocycles. The van der Waals surface area contributed by atoms with Crippen molar-refractivity contribution in [3.8, 4) is 34.1 Å². The van der Waals surface area contributed by atoms with Crippen LogP contribution in [0.3, 0.4) is 0 Å². The summed E-state index contributed by atoms with van der Waals surface area (Å²) in [7, 11) is 1.92. The van der Waals surface area contributed by atoms with Gasteiger partial charge in [-0.15, -0.1) is 0 Å². The van der Waals surface area contributed by atoms with Gasteiger partial charge in [0.2, 0.25) is 0 Å². The second-order valence-electron chi connectivity index (χ2n) is 11.6. The second-order valence-corrected chi connectivity index (χ2v) is 11.6. The summed E-state index contributed by atoms with van der Waals surface area (Å²) in [6, 6.07) is 10.6. The summed E-state index contributed by atoms with van der Waals surface area (Å²) in [4.78, 5) is 7.15. The van der Waals surface area contributed by atoms with Gasteiger partial charge in [0.15, 0.2) is 0 Å². The van der Waals surface area contributed by atoms with Crippen LogP contribution in [0.5, 0.6) is 5.75 Å². The van der Waals surface area contributed by atoms with Gasteiger partial charge in [-0.25, -0.2) is 13.8 Å². The molecule has 5 aromatic rings. The molecular formula is C33H31F2N7O. The lowest BCUT2D eigenvalue weighted by atomic mass is 9.93. The third-order valence-electron chi connectivity index (χ3n) is 8.80. The maximum Gasteiger partial charge on any atom is 0.143 e. The zero-order valence-corrected chi connectivity index (χ0v) is 23.8. The Morgan fingerprint density at radius 1 is 1.02 bits per heavy atom. The maximum atomic E-state index is 14.6. The first-order chi connectivity index (χ1) is 20.8. The standard InChI is InChI=1S/C33H31F2N7O/c1-40-17-20-5-3-7-28(30(20)39-40)42-18-27(25-6-2-4-19(15-36)32(25)43)29-31(41-10-8-24(37)9-11-41)26(16-38-33(29)42)21-12-22(34)14-23(35)13-21/h2,4,6,12-14,16-18,24,28,43H,3,5,7-11,37H2,1H3. The van der Waals surface area contributed by atoms with E-state index >= 15 is 0 Å². The van der Waals surface area contributed by atoms with Crippen molar-refractivity contribution in [3.05, 3.63) is 83.4 Å². The summed E-state index contributed by atoms with van der Waals surface area (Å²) in [5.74, 6) is -1.48. The molecule has 0 spiro atoms. The van der Waals surface area contributed by atoms with Crippen LogP contribution >= 0.6 is 0 Å². The zero-order valence-electron chi connectivity index (χ0n) is 23.8. The van der Waals surface area contributed by atoms with Crippen molar-refractivity contribution in [3.63, 3.8) is 0 Å². The van der Waals surface area contributed by atoms with Crippen LogP contribution in [-0.4, -0.2) is 43.6 Å². The number of halogens is 2. The van der Waals surface area contributed by atoms with E-state index in [4.69, 9.17) is 15.8 Å². The molecule has 4 heterocycles. The molecule has 1 aliphatic heterocycles. The number of para-hydroxylation sites is 1. The average Bonchev–Trinajstić information content (AvgIpc) is 3.57. The molecule has 0 bridgehead atoms. The lowest BCUT2D eigenvalue weighted by Gasteiger charge is -2.34. The lowest BCUT2D eigenvalue weighted by molar-refractivity contribution is 0.475. The number of hydrogen-bond donors (Lipinski definition) is 2. The third-order valence-corrected chi connectivity index (χ3v) is 8.80. The molecule has 10 heteroatoms. The quantitative estimate of drug-likeness (QED) is 0.278. The highest BCUT2D eigenvalue weighted by atomic mass is 19.1. The molecule has 1 unspecified atom stereocenters. The Kier molecular flexibility index (Phi) is 6.62. The van der Waals surface area contributed by atoms with Crippen molar-refractivity contribution in [2.45, 2.75) is 44.2 Å². The van der Waals surface area contributed by atoms with E-state index in [0.29, 0.717) is 41.0 Å². The molecule has 0 amide bonds. The van der Waals surface area contributed by atoms with E-state index in [0.717, 1.165) is 54.9 Å². The van der Waals surface area contributed by atoms with Gasteiger partial charge < -0.3 is 20.3 Å². The number of nitrogens with two attached hydrogens (primary N) is 1. The number of aryl methyl sites for hydroxylation is 2. The van der Waals surface area contributed by atoms with Crippen LogP contribution in [0.2, 0.25) is 0 Å². The number of pyridine rings is 1. The number of aromatic hydroxyl groups is 1. The SMILES string of the molecule is Cn1cc2c(n1)C(n1cc(-c3cccc(C#N)c3O)c3c(N4CCC(N)CC4)c(-c4cc(F)cc(F)c4)cnc31)CCC2. The summed E-state index contributed by atoms with van der Waals surface area (Å²) in [5, 5.41) is 26.6. The molecular weight excluding hydrogens is 548 g/mol. The van der Waals surface area contributed by atoms with Crippen molar-refractivity contribution in [1.29, 1.82) is 5.26 Å². The second kappa shape index (κ2) is 10.5. The highest BCUT2D eigenvalue weighted by molar-refractivity contribution is 6.09. The Morgan fingerprint density at radius 3 is 2.53 bits per heavy atom. The summed E-state index contributed by atoms with van der Waals surface area (Å²) in [6.45, 7) is 1.29. The van der Waals surface area contributed by atoms with Gasteiger partial charge in [0.05, 0.1) is 28.4 Å². The lowest BCUT2D eigenvalue weighted by Crippen LogP contribution is -2.40. The Labute approximate surface area is 247 Å². The average molecular weight is 580 g/mol. The summed E-state index contributed by atoms with van der Waals surface area (Å²) in [5.41, 5.74) is 12.2. The molecule has 8 nitrogen and oxygen atoms in total. The molecule has 3 N–H and O–H groups in total. The number of phenols is 1. The van der Waals surface area contributed by atoms with Gasteiger partial charge in [-0.2, -0.15) is 10.4 Å². The fourth-order valence-corrected chi connectivity index (χ4v) is 6.79. The summed E-state index contributed by atoms with van der Waals surface area (Å²) in [6.07, 6.45) is 10.0. The Hall–Kier alpha value is -4.75. The molecule has 3 aromatic heterocycles. The molecule has 0 radical (unpaired) electrons. The summed E-state index contributed by atoms with van der Waals surface area (Å²) >= 11 is 0. The van der Waals surface area contributed by atoms with Gasteiger partial charge in [0.25, 0.3) is 0 Å². The molecule has 1 saturated heterocycles. The van der Waals surface area contributed by atoms with Crippen LogP contribution in [0.15, 0.2) is 55.0 Å². The van der Waals surface area contributed by atoms with Gasteiger partial charge in [-0.05, 0) is 61.4 Å². The van der Waals surface area contributed by atoms with E-state index in [9.17, 15) is 19.1 Å². The maximum absolute atomic E-state index is 14.6. The van der Waals surface area contributed by atoms with Crippen molar-refractivity contribution in [1.82, 2.24) is 19.3 Å². The van der Waals surface area contributed by atoms with Crippen molar-refractivity contribution in [2.24, 2.45) is 12.8 Å². The van der Waals surface area contributed by atoms with Crippen LogP contribution in [0.1, 0.15) is 48.5 Å². The minimum atomic E-state index is -0.677. The fraction of sp³-hybridized carbons (Fsp3) is 0.303. The van der Waals surface area contributed by atoms with Gasteiger partial charge in [0.1, 0.15) is 29.1 Å². The number of rotatable bonds is 4. The predicted molar refractivity (Wildman–Crippen MR) is 161 cm³/mol. The van der Waals surface area contributed by atoms with Crippen LogP contribution in [0.4, 0.5) is 14.5 Å². The Bertz CT molecular complexity index is 1890. The Balaban J connectivity index is 1.57. The monoisotopic (exact) mass is 579 g/mol. The first-order valence-electron chi connectivity index (χ1n) is 14.6. The van der Waals surface area contributed by atoms with E-state index in [1.54, 1.807) is 24.4 Å². The fourth-order valence-electron chi connectivity index (χ4n) is 6.79. The van der Waals surface area contributed by atoms with Crippen molar-refractivity contribution < 1.29 is 13.9 Å². The van der Waals surface area contributed by atoms with Gasteiger partial charge in [-0.1, -0.05) is 12.1 Å². The molecule has 1 fully saturated rings. The number of phenolic OH excluding ortho intramolecular Hbond substituents is 1. The normalized spacial score (nSPS) is 17.3. The Morgan fingerprint density at radius 2 is 1.79 bits per heavy atom. The molecule has 0 saturated carbocycles. The van der Waals surface area contributed by atoms with Crippen LogP contribution in [0, 0.1) is 23.0 Å². The number of piperidine rings is 1. The first kappa shape index (κ1) is 27.1. The predicted octanol–water partition coefficient (Wildman–Crippen LogP) is 5.81. The van der Waals surface area contributed by atoms with Crippen LogP contribution < -0.4 is 10.6 Å². The first-order valence-corrected chi connectivity index (χ1v) is 14.6. The molecule has 7 rings (SSSR count). The number of fused-ring (bicyclic) bond motifs is 2. The minimum absolute atomic E-state index is 0.0638. The van der Waals surface area contributed by atoms with Crippen LogP contribution in [0.25, 0.3) is 33.3 Å². The van der Waals surface area contributed by atoms with E-state index in [1.165, 1.54) is 17.7 Å². The van der Waals surface area contributed by atoms with E-state index in [-0.39, 0.29) is 23.4 Å². The number of nitrogens with zero attached hydrogens (tertiary/aromatic N) is 6. The zero-order chi connectivity index (χ0) is 29.8. The number of hydrogen-bond acceptors (Lipinski definition) is 6. The van der Waals surface area contributed by atoms with Gasteiger partial charge in [0, 0.05) is 67.5 Å². The highest BCUT2D eigenvalue weighted by Crippen LogP contribution is 2.47. The number of aromatic nitrogens is 4. The molecule has 2 aliphatic rings. The van der Waals surface area contributed by atoms with E-state index in [1.807, 2.05) is 17.9 Å². The van der Waals surface area contributed by atoms with E-state index < -0.39 is 11.6 Å². The van der Waals surface area contributed by atoms with Crippen molar-refractivity contribution >= 4 is 16.7 Å². The van der Waals surface area contributed by atoms with Gasteiger partial charge >= 0.3 is 0 Å². The largest absolute Gasteiger partial charge is 0.506 e. The number of benzene rings is 2. The molecule has 43 heavy (non-hydrogen) atoms. The molecule has 2 aromatic carbocycles. The molecule has 1 atom stereocenters.